The second kappa shape index (κ2) is 6.63. The van der Waals surface area contributed by atoms with Gasteiger partial charge in [-0.05, 0) is 38.8 Å². The van der Waals surface area contributed by atoms with Gasteiger partial charge in [-0.3, -0.25) is 4.90 Å². The third-order valence-corrected chi connectivity index (χ3v) is 4.49. The Kier molecular flexibility index (Phi) is 4.63. The third-order valence-electron chi connectivity index (χ3n) is 3.65. The zero-order valence-electron chi connectivity index (χ0n) is 11.3. The first-order valence-electron chi connectivity index (χ1n) is 7.31. The van der Waals surface area contributed by atoms with Crippen LogP contribution in [-0.4, -0.2) is 47.4 Å². The molecule has 0 aromatic carbocycles. The maximum Gasteiger partial charge on any atom is 0.294 e. The second-order valence-corrected chi connectivity index (χ2v) is 6.39. The zero-order chi connectivity index (χ0) is 12.9. The summed E-state index contributed by atoms with van der Waals surface area (Å²) < 4.78 is 5.69. The summed E-state index contributed by atoms with van der Waals surface area (Å²) in [5.74, 6) is 0. The Labute approximate surface area is 118 Å². The van der Waals surface area contributed by atoms with Gasteiger partial charge in [0.15, 0.2) is 0 Å². The van der Waals surface area contributed by atoms with Crippen molar-refractivity contribution in [3.63, 3.8) is 0 Å². The fourth-order valence-corrected chi connectivity index (χ4v) is 2.99. The SMILES string of the molecule is C1CCN(CCOc2nnc(CNC3CC3)s2)CC1. The summed E-state index contributed by atoms with van der Waals surface area (Å²) in [7, 11) is 0. The molecule has 19 heavy (non-hydrogen) atoms. The maximum absolute atomic E-state index is 5.69. The summed E-state index contributed by atoms with van der Waals surface area (Å²) in [6.07, 6.45) is 6.65. The van der Waals surface area contributed by atoms with Gasteiger partial charge >= 0.3 is 0 Å². The second-order valence-electron chi connectivity index (χ2n) is 5.37. The molecule has 1 aliphatic heterocycles. The molecule has 1 saturated heterocycles. The Morgan fingerprint density at radius 2 is 2.05 bits per heavy atom. The standard InChI is InChI=1S/C13H22N4OS/c1-2-6-17(7-3-1)8-9-18-13-16-15-12(19-13)10-14-11-4-5-11/h11,14H,1-10H2. The molecule has 106 valence electrons. The molecule has 0 unspecified atom stereocenters. The van der Waals surface area contributed by atoms with Crippen LogP contribution in [0.15, 0.2) is 0 Å². The number of nitrogens with one attached hydrogen (secondary N) is 1. The van der Waals surface area contributed by atoms with Gasteiger partial charge in [-0.25, -0.2) is 0 Å². The van der Waals surface area contributed by atoms with E-state index in [9.17, 15) is 0 Å². The van der Waals surface area contributed by atoms with E-state index in [0.29, 0.717) is 11.2 Å². The van der Waals surface area contributed by atoms with Gasteiger partial charge in [0.25, 0.3) is 5.19 Å². The van der Waals surface area contributed by atoms with E-state index in [-0.39, 0.29) is 0 Å². The van der Waals surface area contributed by atoms with E-state index in [0.717, 1.165) is 24.7 Å². The van der Waals surface area contributed by atoms with E-state index in [1.165, 1.54) is 45.2 Å². The molecule has 2 aliphatic rings. The Morgan fingerprint density at radius 1 is 1.21 bits per heavy atom. The first-order chi connectivity index (χ1) is 9.40. The Bertz CT molecular complexity index is 388. The number of nitrogens with zero attached hydrogens (tertiary/aromatic N) is 3. The molecule has 0 amide bonds. The zero-order valence-corrected chi connectivity index (χ0v) is 12.1. The van der Waals surface area contributed by atoms with E-state index in [2.05, 4.69) is 20.4 Å². The predicted molar refractivity (Wildman–Crippen MR) is 75.6 cm³/mol. The molecule has 1 aromatic rings. The van der Waals surface area contributed by atoms with Gasteiger partial charge in [0.05, 0.1) is 6.54 Å². The highest BCUT2D eigenvalue weighted by atomic mass is 32.1. The number of hydrogen-bond donors (Lipinski definition) is 1. The lowest BCUT2D eigenvalue weighted by Gasteiger charge is -2.25. The van der Waals surface area contributed by atoms with Crippen molar-refractivity contribution in [1.29, 1.82) is 0 Å². The smallest absolute Gasteiger partial charge is 0.294 e. The molecule has 3 rings (SSSR count). The van der Waals surface area contributed by atoms with Crippen molar-refractivity contribution in [1.82, 2.24) is 20.4 Å². The van der Waals surface area contributed by atoms with Crippen molar-refractivity contribution in [3.05, 3.63) is 5.01 Å². The van der Waals surface area contributed by atoms with Gasteiger partial charge in [-0.1, -0.05) is 17.8 Å². The monoisotopic (exact) mass is 282 g/mol. The quantitative estimate of drug-likeness (QED) is 0.824. The maximum atomic E-state index is 5.69. The average Bonchev–Trinajstić information content (AvgIpc) is 3.17. The largest absolute Gasteiger partial charge is 0.468 e. The van der Waals surface area contributed by atoms with Crippen molar-refractivity contribution < 1.29 is 4.74 Å². The minimum Gasteiger partial charge on any atom is -0.468 e. The molecule has 0 spiro atoms. The summed E-state index contributed by atoms with van der Waals surface area (Å²) in [5.41, 5.74) is 0. The van der Waals surface area contributed by atoms with Gasteiger partial charge in [0, 0.05) is 12.6 Å². The molecule has 5 nitrogen and oxygen atoms in total. The molecule has 1 saturated carbocycles. The molecule has 6 heteroatoms. The van der Waals surface area contributed by atoms with Crippen LogP contribution in [0.3, 0.4) is 0 Å². The lowest BCUT2D eigenvalue weighted by Crippen LogP contribution is -2.33. The van der Waals surface area contributed by atoms with Crippen LogP contribution in [0.5, 0.6) is 5.19 Å². The van der Waals surface area contributed by atoms with E-state index in [4.69, 9.17) is 4.74 Å². The van der Waals surface area contributed by atoms with Crippen LogP contribution >= 0.6 is 11.3 Å². The molecule has 1 aliphatic carbocycles. The van der Waals surface area contributed by atoms with Gasteiger partial charge in [-0.15, -0.1) is 10.2 Å². The minimum atomic E-state index is 0.713. The van der Waals surface area contributed by atoms with Gasteiger partial charge in [0.2, 0.25) is 0 Å². The molecule has 2 heterocycles. The lowest BCUT2D eigenvalue weighted by molar-refractivity contribution is 0.182. The molecule has 2 fully saturated rings. The predicted octanol–water partition coefficient (Wildman–Crippen LogP) is 1.65. The number of piperidine rings is 1. The van der Waals surface area contributed by atoms with Crippen LogP contribution in [0.25, 0.3) is 0 Å². The van der Waals surface area contributed by atoms with Crippen LogP contribution in [0, 0.1) is 0 Å². The summed E-state index contributed by atoms with van der Waals surface area (Å²) in [5, 5.41) is 13.4. The number of likely N-dealkylation sites (tertiary alicyclic amines) is 1. The lowest BCUT2D eigenvalue weighted by atomic mass is 10.1. The highest BCUT2D eigenvalue weighted by Gasteiger charge is 2.20. The summed E-state index contributed by atoms with van der Waals surface area (Å²) in [4.78, 5) is 2.47. The number of ether oxygens (including phenoxy) is 1. The molecule has 0 bridgehead atoms. The summed E-state index contributed by atoms with van der Waals surface area (Å²) >= 11 is 1.56. The van der Waals surface area contributed by atoms with Crippen molar-refractivity contribution in [2.24, 2.45) is 0 Å². The molecule has 0 atom stereocenters. The number of rotatable bonds is 7. The van der Waals surface area contributed by atoms with Crippen molar-refractivity contribution in [2.45, 2.75) is 44.7 Å². The summed E-state index contributed by atoms with van der Waals surface area (Å²) in [6, 6.07) is 0.715. The molecule has 1 N–H and O–H groups in total. The Balaban J connectivity index is 1.34. The fraction of sp³-hybridized carbons (Fsp3) is 0.846. The Hall–Kier alpha value is -0.720. The molecule has 0 radical (unpaired) electrons. The van der Waals surface area contributed by atoms with Crippen molar-refractivity contribution in [2.75, 3.05) is 26.2 Å². The van der Waals surface area contributed by atoms with Crippen LogP contribution in [-0.2, 0) is 6.54 Å². The normalized spacial score (nSPS) is 20.6. The molecule has 1 aromatic heterocycles. The van der Waals surface area contributed by atoms with Crippen LogP contribution < -0.4 is 10.1 Å². The van der Waals surface area contributed by atoms with E-state index >= 15 is 0 Å². The molecular formula is C13H22N4OS. The minimum absolute atomic E-state index is 0.713. The topological polar surface area (TPSA) is 50.3 Å². The Morgan fingerprint density at radius 3 is 2.84 bits per heavy atom. The molecular weight excluding hydrogens is 260 g/mol. The first-order valence-corrected chi connectivity index (χ1v) is 8.13. The average molecular weight is 282 g/mol. The first kappa shape index (κ1) is 13.3. The fourth-order valence-electron chi connectivity index (χ4n) is 2.33. The van der Waals surface area contributed by atoms with E-state index in [1.54, 1.807) is 11.3 Å². The van der Waals surface area contributed by atoms with E-state index in [1.807, 2.05) is 0 Å². The van der Waals surface area contributed by atoms with Gasteiger partial charge < -0.3 is 10.1 Å². The van der Waals surface area contributed by atoms with Gasteiger partial charge in [-0.2, -0.15) is 0 Å². The summed E-state index contributed by atoms with van der Waals surface area (Å²) in [6.45, 7) is 5.00. The van der Waals surface area contributed by atoms with Gasteiger partial charge in [0.1, 0.15) is 11.6 Å². The third kappa shape index (κ3) is 4.40. The van der Waals surface area contributed by atoms with Crippen LogP contribution in [0.1, 0.15) is 37.1 Å². The highest BCUT2D eigenvalue weighted by Crippen LogP contribution is 2.22. The highest BCUT2D eigenvalue weighted by molar-refractivity contribution is 7.13. The van der Waals surface area contributed by atoms with Crippen molar-refractivity contribution >= 4 is 11.3 Å². The van der Waals surface area contributed by atoms with Crippen LogP contribution in [0.2, 0.25) is 0 Å². The number of aromatic nitrogens is 2. The number of hydrogen-bond acceptors (Lipinski definition) is 6. The van der Waals surface area contributed by atoms with E-state index < -0.39 is 0 Å². The van der Waals surface area contributed by atoms with Crippen LogP contribution in [0.4, 0.5) is 0 Å². The van der Waals surface area contributed by atoms with Crippen molar-refractivity contribution in [3.8, 4) is 5.19 Å².